The van der Waals surface area contributed by atoms with Crippen molar-refractivity contribution in [1.82, 2.24) is 25.8 Å². The molecule has 2 amide bonds. The average molecular weight is 514 g/mol. The highest BCUT2D eigenvalue weighted by atomic mass is 19.1. The molecule has 6 unspecified atom stereocenters. The van der Waals surface area contributed by atoms with Crippen molar-refractivity contribution in [1.29, 1.82) is 0 Å². The van der Waals surface area contributed by atoms with Gasteiger partial charge in [0.2, 0.25) is 11.8 Å². The van der Waals surface area contributed by atoms with Crippen molar-refractivity contribution in [3.8, 4) is 0 Å². The van der Waals surface area contributed by atoms with Crippen LogP contribution >= 0.6 is 0 Å². The second kappa shape index (κ2) is 12.0. The summed E-state index contributed by atoms with van der Waals surface area (Å²) in [6.07, 6.45) is 3.38. The number of piperidine rings is 1. The summed E-state index contributed by atoms with van der Waals surface area (Å²) >= 11 is 0. The number of rotatable bonds is 5. The molecule has 0 aromatic carbocycles. The molecule has 9 nitrogen and oxygen atoms in total. The van der Waals surface area contributed by atoms with Crippen LogP contribution in [0.25, 0.3) is 0 Å². The summed E-state index contributed by atoms with van der Waals surface area (Å²) in [5, 5.41) is 9.43. The molecule has 1 spiro atoms. The molecule has 0 aromatic heterocycles. The molecule has 11 heteroatoms. The Morgan fingerprint density at radius 2 is 1.69 bits per heavy atom. The maximum atomic E-state index is 15.2. The van der Waals surface area contributed by atoms with E-state index in [-0.39, 0.29) is 36.4 Å². The van der Waals surface area contributed by atoms with Crippen LogP contribution in [-0.4, -0.2) is 104 Å². The lowest BCUT2D eigenvalue weighted by Gasteiger charge is -2.46. The number of nitrogens with zero attached hydrogens (tertiary/aromatic N) is 2. The average Bonchev–Trinajstić information content (AvgIpc) is 2.98. The summed E-state index contributed by atoms with van der Waals surface area (Å²) in [5.41, 5.74) is 12.2. The Bertz CT molecular complexity index is 759. The lowest BCUT2D eigenvalue weighted by atomic mass is 9.66. The van der Waals surface area contributed by atoms with Gasteiger partial charge in [0.25, 0.3) is 0 Å². The number of hydrogen-bond acceptors (Lipinski definition) is 7. The molecule has 206 valence electrons. The zero-order valence-corrected chi connectivity index (χ0v) is 21.6. The van der Waals surface area contributed by atoms with Gasteiger partial charge in [-0.15, -0.1) is 0 Å². The van der Waals surface area contributed by atoms with E-state index in [4.69, 9.17) is 11.5 Å². The summed E-state index contributed by atoms with van der Waals surface area (Å²) in [5.74, 6) is -1.04. The summed E-state index contributed by atoms with van der Waals surface area (Å²) in [6.45, 7) is 4.58. The zero-order chi connectivity index (χ0) is 25.9. The van der Waals surface area contributed by atoms with Crippen LogP contribution in [0.4, 0.5) is 8.78 Å². The van der Waals surface area contributed by atoms with Crippen LogP contribution in [0.2, 0.25) is 0 Å². The third kappa shape index (κ3) is 6.35. The second-order valence-corrected chi connectivity index (χ2v) is 11.5. The summed E-state index contributed by atoms with van der Waals surface area (Å²) < 4.78 is 30.0. The molecule has 1 saturated carbocycles. The SMILES string of the molecule is CC(=O)N1CCN(C2C(F)CNCC2NC(=O)C(C(N)N)C2CC3(CCCCC3)CC(F)CN2)CC1. The first kappa shape index (κ1) is 27.6. The molecule has 0 radical (unpaired) electrons. The Balaban J connectivity index is 1.47. The molecule has 6 atom stereocenters. The molecule has 0 aromatic rings. The summed E-state index contributed by atoms with van der Waals surface area (Å²) in [6, 6.07) is -1.30. The van der Waals surface area contributed by atoms with Gasteiger partial charge in [0, 0.05) is 58.8 Å². The number of nitrogens with one attached hydrogen (secondary N) is 3. The van der Waals surface area contributed by atoms with Gasteiger partial charge in [-0.3, -0.25) is 14.5 Å². The van der Waals surface area contributed by atoms with Crippen molar-refractivity contribution in [3.63, 3.8) is 0 Å². The fourth-order valence-corrected chi connectivity index (χ4v) is 7.14. The first-order valence-electron chi connectivity index (χ1n) is 13.7. The van der Waals surface area contributed by atoms with Crippen LogP contribution in [0.1, 0.15) is 51.9 Å². The van der Waals surface area contributed by atoms with Crippen LogP contribution in [0.3, 0.4) is 0 Å². The largest absolute Gasteiger partial charge is 0.350 e. The Morgan fingerprint density at radius 3 is 2.33 bits per heavy atom. The summed E-state index contributed by atoms with van der Waals surface area (Å²) in [7, 11) is 0. The molecule has 1 aliphatic carbocycles. The minimum absolute atomic E-state index is 0.0172. The molecule has 36 heavy (non-hydrogen) atoms. The standard InChI is InChI=1S/C25H45F2N7O2/c1-16(35)33-7-9-34(10-8-33)22-18(27)14-30-15-20(22)32-24(36)21(23(28)29)19-12-25(5-3-2-4-6-25)11-17(26)13-31-19/h17-23,30-31H,2-15,28-29H2,1H3,(H,32,36). The number of amides is 2. The molecule has 4 rings (SSSR count). The Labute approximate surface area is 213 Å². The molecule has 3 aliphatic heterocycles. The molecule has 3 saturated heterocycles. The third-order valence-corrected chi connectivity index (χ3v) is 8.97. The lowest BCUT2D eigenvalue weighted by molar-refractivity contribution is -0.131. The van der Waals surface area contributed by atoms with Crippen molar-refractivity contribution in [2.45, 2.75) is 88.5 Å². The van der Waals surface area contributed by atoms with Crippen molar-refractivity contribution in [2.75, 3.05) is 45.8 Å². The van der Waals surface area contributed by atoms with Gasteiger partial charge in [-0.25, -0.2) is 8.78 Å². The second-order valence-electron chi connectivity index (χ2n) is 11.5. The van der Waals surface area contributed by atoms with Gasteiger partial charge in [-0.1, -0.05) is 19.3 Å². The first-order chi connectivity index (χ1) is 17.2. The third-order valence-electron chi connectivity index (χ3n) is 8.97. The van der Waals surface area contributed by atoms with Gasteiger partial charge in [-0.2, -0.15) is 0 Å². The maximum Gasteiger partial charge on any atom is 0.227 e. The molecular weight excluding hydrogens is 468 g/mol. The van der Waals surface area contributed by atoms with Crippen molar-refractivity contribution in [3.05, 3.63) is 0 Å². The molecular formula is C25H45F2N7O2. The quantitative estimate of drug-likeness (QED) is 0.323. The summed E-state index contributed by atoms with van der Waals surface area (Å²) in [4.78, 5) is 29.2. The fraction of sp³-hybridized carbons (Fsp3) is 0.920. The number of alkyl halides is 2. The highest BCUT2D eigenvalue weighted by Crippen LogP contribution is 2.46. The van der Waals surface area contributed by atoms with E-state index in [0.717, 1.165) is 32.1 Å². The number of carbonyl (C=O) groups excluding carboxylic acids is 2. The van der Waals surface area contributed by atoms with E-state index in [1.165, 1.54) is 0 Å². The monoisotopic (exact) mass is 513 g/mol. The van der Waals surface area contributed by atoms with E-state index >= 15 is 4.39 Å². The van der Waals surface area contributed by atoms with Gasteiger partial charge in [0.05, 0.1) is 24.2 Å². The smallest absolute Gasteiger partial charge is 0.227 e. The molecule has 3 heterocycles. The number of piperazine rings is 1. The van der Waals surface area contributed by atoms with Crippen LogP contribution in [-0.2, 0) is 9.59 Å². The lowest BCUT2D eigenvalue weighted by Crippen LogP contribution is -2.68. The number of carbonyl (C=O) groups is 2. The Kier molecular flexibility index (Phi) is 9.19. The topological polar surface area (TPSA) is 129 Å². The number of halogens is 2. The van der Waals surface area contributed by atoms with Crippen LogP contribution in [0, 0.1) is 11.3 Å². The minimum atomic E-state index is -1.16. The van der Waals surface area contributed by atoms with Gasteiger partial charge in [0.15, 0.2) is 0 Å². The highest BCUT2D eigenvalue weighted by molar-refractivity contribution is 5.80. The fourth-order valence-electron chi connectivity index (χ4n) is 7.14. The van der Waals surface area contributed by atoms with Gasteiger partial charge >= 0.3 is 0 Å². The van der Waals surface area contributed by atoms with E-state index in [1.807, 2.05) is 4.90 Å². The van der Waals surface area contributed by atoms with Gasteiger partial charge < -0.3 is 32.3 Å². The van der Waals surface area contributed by atoms with E-state index in [2.05, 4.69) is 16.0 Å². The highest BCUT2D eigenvalue weighted by Gasteiger charge is 2.45. The van der Waals surface area contributed by atoms with E-state index in [1.54, 1.807) is 11.8 Å². The molecule has 7 N–H and O–H groups in total. The number of nitrogens with two attached hydrogens (primary N) is 2. The number of hydrogen-bond donors (Lipinski definition) is 5. The maximum absolute atomic E-state index is 15.2. The predicted octanol–water partition coefficient (Wildman–Crippen LogP) is -0.154. The van der Waals surface area contributed by atoms with E-state index in [9.17, 15) is 14.0 Å². The van der Waals surface area contributed by atoms with E-state index < -0.39 is 36.5 Å². The van der Waals surface area contributed by atoms with Gasteiger partial charge in [-0.05, 0) is 31.1 Å². The molecule has 4 fully saturated rings. The van der Waals surface area contributed by atoms with Crippen LogP contribution in [0.5, 0.6) is 0 Å². The van der Waals surface area contributed by atoms with Gasteiger partial charge in [0.1, 0.15) is 12.3 Å². The Hall–Kier alpha value is -1.40. The first-order valence-corrected chi connectivity index (χ1v) is 13.7. The normalized spacial score (nSPS) is 34.8. The van der Waals surface area contributed by atoms with Crippen molar-refractivity contribution >= 4 is 11.8 Å². The van der Waals surface area contributed by atoms with E-state index in [0.29, 0.717) is 45.6 Å². The predicted molar refractivity (Wildman–Crippen MR) is 134 cm³/mol. The van der Waals surface area contributed by atoms with Crippen molar-refractivity contribution in [2.24, 2.45) is 22.8 Å². The molecule has 4 aliphatic rings. The minimum Gasteiger partial charge on any atom is -0.350 e. The van der Waals surface area contributed by atoms with Crippen molar-refractivity contribution < 1.29 is 18.4 Å². The zero-order valence-electron chi connectivity index (χ0n) is 21.6. The van der Waals surface area contributed by atoms with Crippen LogP contribution < -0.4 is 27.4 Å². The molecule has 0 bridgehead atoms. The Morgan fingerprint density at radius 1 is 1.00 bits per heavy atom. The van der Waals surface area contributed by atoms with Crippen LogP contribution in [0.15, 0.2) is 0 Å².